The van der Waals surface area contributed by atoms with Crippen LogP contribution in [-0.2, 0) is 0 Å². The van der Waals surface area contributed by atoms with E-state index in [-0.39, 0.29) is 0 Å². The molecule has 1 aliphatic rings. The predicted octanol–water partition coefficient (Wildman–Crippen LogP) is 1.20. The van der Waals surface area contributed by atoms with Gasteiger partial charge in [0, 0.05) is 0 Å². The van der Waals surface area contributed by atoms with Crippen molar-refractivity contribution in [1.82, 2.24) is 0 Å². The fourth-order valence-electron chi connectivity index (χ4n) is 1.06. The fraction of sp³-hybridized carbons (Fsp3) is 0.857. The third kappa shape index (κ3) is 2.18. The van der Waals surface area contributed by atoms with Crippen molar-refractivity contribution in [3.05, 3.63) is 6.92 Å². The van der Waals surface area contributed by atoms with Gasteiger partial charge in [-0.15, -0.1) is 0 Å². The summed E-state index contributed by atoms with van der Waals surface area (Å²) in [6.45, 7) is 5.31. The van der Waals surface area contributed by atoms with Crippen molar-refractivity contribution in [1.29, 1.82) is 0 Å². The second-order valence-corrected chi connectivity index (χ2v) is 3.67. The summed E-state index contributed by atoms with van der Waals surface area (Å²) in [5, 5.41) is 8.95. The molecule has 52 valence electrons. The molecule has 0 spiro atoms. The molecule has 1 saturated heterocycles. The molecule has 2 radical (unpaired) electrons. The molecule has 0 aliphatic carbocycles. The van der Waals surface area contributed by atoms with E-state index < -0.39 is 6.10 Å². The molecule has 1 fully saturated rings. The third-order valence-electron chi connectivity index (χ3n) is 1.75. The van der Waals surface area contributed by atoms with Gasteiger partial charge in [0.25, 0.3) is 0 Å². The van der Waals surface area contributed by atoms with E-state index in [0.29, 0.717) is 5.92 Å². The van der Waals surface area contributed by atoms with E-state index in [2.05, 4.69) is 0 Å². The highest BCUT2D eigenvalue weighted by atomic mass is 32.2. The minimum absolute atomic E-state index is 0.367. The molecule has 0 amide bonds. The summed E-state index contributed by atoms with van der Waals surface area (Å²) in [6.07, 6.45) is 1.59. The molecular formula is C7H12OS. The van der Waals surface area contributed by atoms with Crippen molar-refractivity contribution in [2.45, 2.75) is 18.9 Å². The van der Waals surface area contributed by atoms with E-state index in [9.17, 15) is 0 Å². The molecule has 1 unspecified atom stereocenters. The molecule has 0 bridgehead atoms. The number of hydrogen-bond acceptors (Lipinski definition) is 2. The number of rotatable bonds is 1. The quantitative estimate of drug-likeness (QED) is 0.597. The summed E-state index contributed by atoms with van der Waals surface area (Å²) >= 11 is 1.95. The lowest BCUT2D eigenvalue weighted by atomic mass is 9.97. The molecule has 1 rings (SSSR count). The Morgan fingerprint density at radius 1 is 1.44 bits per heavy atom. The van der Waals surface area contributed by atoms with Gasteiger partial charge in [-0.25, -0.2) is 0 Å². The Bertz CT molecular complexity index is 77.0. The molecule has 0 aromatic rings. The zero-order chi connectivity index (χ0) is 6.69. The zero-order valence-corrected chi connectivity index (χ0v) is 6.23. The number of aliphatic hydroxyl groups is 1. The van der Waals surface area contributed by atoms with Gasteiger partial charge in [0.1, 0.15) is 0 Å². The third-order valence-corrected chi connectivity index (χ3v) is 2.80. The number of thioether (sulfide) groups is 1. The largest absolute Gasteiger partial charge is 0.393 e. The molecule has 1 atom stereocenters. The van der Waals surface area contributed by atoms with Crippen molar-refractivity contribution >= 4 is 11.8 Å². The van der Waals surface area contributed by atoms with Gasteiger partial charge >= 0.3 is 0 Å². The summed E-state index contributed by atoms with van der Waals surface area (Å²) in [7, 11) is 0. The van der Waals surface area contributed by atoms with Gasteiger partial charge in [-0.3, -0.25) is 0 Å². The van der Waals surface area contributed by atoms with Crippen molar-refractivity contribution in [2.75, 3.05) is 11.5 Å². The van der Waals surface area contributed by atoms with Gasteiger partial charge in [0.05, 0.1) is 6.10 Å². The first-order valence-corrected chi connectivity index (χ1v) is 4.47. The van der Waals surface area contributed by atoms with Gasteiger partial charge in [-0.2, -0.15) is 11.8 Å². The summed E-state index contributed by atoms with van der Waals surface area (Å²) < 4.78 is 0. The van der Waals surface area contributed by atoms with Crippen LogP contribution in [0.25, 0.3) is 0 Å². The summed E-state index contributed by atoms with van der Waals surface area (Å²) in [4.78, 5) is 0. The lowest BCUT2D eigenvalue weighted by Crippen LogP contribution is -2.21. The van der Waals surface area contributed by atoms with Crippen molar-refractivity contribution in [2.24, 2.45) is 5.92 Å². The Balaban J connectivity index is 2.23. The standard InChI is InChI=1S/C7H12OS/c1-6(8)7-2-4-9-5-3-7/h1,6-8H,2-5H2. The maximum absolute atomic E-state index is 8.95. The lowest BCUT2D eigenvalue weighted by Gasteiger charge is -2.23. The molecule has 1 heterocycles. The Morgan fingerprint density at radius 3 is 2.33 bits per heavy atom. The SMILES string of the molecule is [CH]C(O)C1CCSCC1. The van der Waals surface area contributed by atoms with Crippen LogP contribution in [-0.4, -0.2) is 22.7 Å². The first-order valence-electron chi connectivity index (χ1n) is 3.32. The molecule has 0 aromatic heterocycles. The molecule has 1 aliphatic heterocycles. The van der Waals surface area contributed by atoms with Crippen LogP contribution in [0, 0.1) is 12.8 Å². The van der Waals surface area contributed by atoms with Crippen molar-refractivity contribution < 1.29 is 5.11 Å². The lowest BCUT2D eigenvalue weighted by molar-refractivity contribution is 0.144. The first-order chi connectivity index (χ1) is 4.30. The normalized spacial score (nSPS) is 26.0. The molecular weight excluding hydrogens is 132 g/mol. The van der Waals surface area contributed by atoms with Crippen LogP contribution in [0.15, 0.2) is 0 Å². The maximum atomic E-state index is 8.95. The first kappa shape index (κ1) is 7.42. The molecule has 2 heteroatoms. The molecule has 9 heavy (non-hydrogen) atoms. The molecule has 0 aromatic carbocycles. The highest BCUT2D eigenvalue weighted by molar-refractivity contribution is 7.99. The van der Waals surface area contributed by atoms with E-state index in [1.165, 1.54) is 11.5 Å². The second-order valence-electron chi connectivity index (χ2n) is 2.44. The Morgan fingerprint density at radius 2 is 2.00 bits per heavy atom. The monoisotopic (exact) mass is 144 g/mol. The second kappa shape index (κ2) is 3.47. The summed E-state index contributed by atoms with van der Waals surface area (Å²) in [5.74, 6) is 2.70. The maximum Gasteiger partial charge on any atom is 0.0604 e. The van der Waals surface area contributed by atoms with Gasteiger partial charge in [0.15, 0.2) is 0 Å². The zero-order valence-electron chi connectivity index (χ0n) is 5.42. The summed E-state index contributed by atoms with van der Waals surface area (Å²) in [6, 6.07) is 0. The molecule has 1 N–H and O–H groups in total. The summed E-state index contributed by atoms with van der Waals surface area (Å²) in [5.41, 5.74) is 0. The van der Waals surface area contributed by atoms with Crippen molar-refractivity contribution in [3.8, 4) is 0 Å². The number of hydrogen-bond donors (Lipinski definition) is 1. The van der Waals surface area contributed by atoms with Crippen LogP contribution in [0.4, 0.5) is 0 Å². The van der Waals surface area contributed by atoms with Crippen LogP contribution in [0.2, 0.25) is 0 Å². The highest BCUT2D eigenvalue weighted by Gasteiger charge is 2.17. The van der Waals surface area contributed by atoms with E-state index in [1.807, 2.05) is 11.8 Å². The Hall–Kier alpha value is 0.310. The van der Waals surface area contributed by atoms with E-state index >= 15 is 0 Å². The van der Waals surface area contributed by atoms with E-state index in [4.69, 9.17) is 12.0 Å². The van der Waals surface area contributed by atoms with Crippen LogP contribution in [0.5, 0.6) is 0 Å². The minimum Gasteiger partial charge on any atom is -0.393 e. The van der Waals surface area contributed by atoms with Gasteiger partial charge in [-0.1, -0.05) is 0 Å². The van der Waals surface area contributed by atoms with Gasteiger partial charge in [0.2, 0.25) is 0 Å². The van der Waals surface area contributed by atoms with Crippen LogP contribution >= 0.6 is 11.8 Å². The smallest absolute Gasteiger partial charge is 0.0604 e. The topological polar surface area (TPSA) is 20.2 Å². The average Bonchev–Trinajstić information content (AvgIpc) is 1.90. The van der Waals surface area contributed by atoms with Crippen LogP contribution < -0.4 is 0 Å². The average molecular weight is 144 g/mol. The van der Waals surface area contributed by atoms with Gasteiger partial charge < -0.3 is 5.11 Å². The molecule has 0 saturated carbocycles. The van der Waals surface area contributed by atoms with Crippen molar-refractivity contribution in [3.63, 3.8) is 0 Å². The number of aliphatic hydroxyl groups excluding tert-OH is 1. The fourth-order valence-corrected chi connectivity index (χ4v) is 2.20. The van der Waals surface area contributed by atoms with E-state index in [1.54, 1.807) is 0 Å². The Labute approximate surface area is 60.8 Å². The van der Waals surface area contributed by atoms with Gasteiger partial charge in [-0.05, 0) is 37.2 Å². The Kier molecular flexibility index (Phi) is 2.86. The molecule has 1 nitrogen and oxygen atoms in total. The van der Waals surface area contributed by atoms with Crippen LogP contribution in [0.1, 0.15) is 12.8 Å². The highest BCUT2D eigenvalue weighted by Crippen LogP contribution is 2.24. The minimum atomic E-state index is -0.578. The van der Waals surface area contributed by atoms with E-state index in [0.717, 1.165) is 12.8 Å². The predicted molar refractivity (Wildman–Crippen MR) is 40.4 cm³/mol. The van der Waals surface area contributed by atoms with Crippen LogP contribution in [0.3, 0.4) is 0 Å².